The third-order valence-electron chi connectivity index (χ3n) is 0.667. The molecule has 0 spiro atoms. The lowest BCUT2D eigenvalue weighted by atomic mass is 10.4. The predicted octanol–water partition coefficient (Wildman–Crippen LogP) is 0.615. The Morgan fingerprint density at radius 1 is 0.667 bits per heavy atom. The quantitative estimate of drug-likeness (QED) is 0.500. The Morgan fingerprint density at radius 2 is 0.778 bits per heavy atom. The van der Waals surface area contributed by atoms with Gasteiger partial charge in [0.15, 0.2) is 0 Å². The van der Waals surface area contributed by atoms with Crippen molar-refractivity contribution in [3.05, 3.63) is 36.4 Å². The van der Waals surface area contributed by atoms with Crippen molar-refractivity contribution >= 4 is 0 Å². The van der Waals surface area contributed by atoms with Gasteiger partial charge < -0.3 is 10.2 Å². The summed E-state index contributed by atoms with van der Waals surface area (Å²) in [5.74, 6) is 0. The maximum Gasteiger partial charge on any atom is 0.140 e. The minimum absolute atomic E-state index is 0.750. The topological polar surface area (TPSA) is 40.5 Å². The van der Waals surface area contributed by atoms with E-state index < -0.39 is 6.79 Å². The molecule has 0 bridgehead atoms. The van der Waals surface area contributed by atoms with Gasteiger partial charge in [0.1, 0.15) is 6.79 Å². The van der Waals surface area contributed by atoms with Crippen molar-refractivity contribution in [2.24, 2.45) is 0 Å². The molecule has 50 valence electrons. The van der Waals surface area contributed by atoms with E-state index in [0.29, 0.717) is 0 Å². The first-order valence-corrected chi connectivity index (χ1v) is 2.63. The normalized spacial score (nSPS) is 7.33. The van der Waals surface area contributed by atoms with Crippen LogP contribution in [0.15, 0.2) is 36.4 Å². The van der Waals surface area contributed by atoms with Gasteiger partial charge in [-0.1, -0.05) is 36.4 Å². The van der Waals surface area contributed by atoms with E-state index in [2.05, 4.69) is 0 Å². The number of benzene rings is 1. The van der Waals surface area contributed by atoms with E-state index in [4.69, 9.17) is 10.2 Å². The Labute approximate surface area is 54.4 Å². The molecule has 0 saturated carbocycles. The molecular weight excluding hydrogens is 116 g/mol. The SMILES string of the molecule is OCO.c1ccccc1. The van der Waals surface area contributed by atoms with E-state index in [0.717, 1.165) is 0 Å². The fourth-order valence-corrected chi connectivity index (χ4v) is 0.385. The molecule has 0 unspecified atom stereocenters. The average molecular weight is 126 g/mol. The summed E-state index contributed by atoms with van der Waals surface area (Å²) < 4.78 is 0. The molecular formula is C7H10O2. The van der Waals surface area contributed by atoms with Gasteiger partial charge in [-0.15, -0.1) is 0 Å². The molecule has 1 aromatic carbocycles. The van der Waals surface area contributed by atoms with Crippen molar-refractivity contribution in [3.63, 3.8) is 0 Å². The maximum absolute atomic E-state index is 7.12. The van der Waals surface area contributed by atoms with Gasteiger partial charge in [0.05, 0.1) is 0 Å². The smallest absolute Gasteiger partial charge is 0.140 e. The molecule has 9 heavy (non-hydrogen) atoms. The Kier molecular flexibility index (Phi) is 6.46. The molecule has 1 rings (SSSR count). The van der Waals surface area contributed by atoms with Crippen molar-refractivity contribution < 1.29 is 10.2 Å². The van der Waals surface area contributed by atoms with E-state index in [1.165, 1.54) is 0 Å². The molecule has 0 fully saturated rings. The molecule has 0 heterocycles. The Hall–Kier alpha value is -0.860. The van der Waals surface area contributed by atoms with Crippen LogP contribution in [0, 0.1) is 0 Å². The van der Waals surface area contributed by atoms with Gasteiger partial charge in [0.25, 0.3) is 0 Å². The summed E-state index contributed by atoms with van der Waals surface area (Å²) in [6.45, 7) is -0.750. The third-order valence-corrected chi connectivity index (χ3v) is 0.667. The molecule has 0 radical (unpaired) electrons. The van der Waals surface area contributed by atoms with Crippen molar-refractivity contribution in [2.75, 3.05) is 6.79 Å². The van der Waals surface area contributed by atoms with Crippen LogP contribution in [0.3, 0.4) is 0 Å². The standard InChI is InChI=1S/C6H6.CH4O2/c1-2-4-6-5-3-1;2-1-3/h1-6H;2-3H,1H2. The lowest BCUT2D eigenvalue weighted by molar-refractivity contribution is 0.0773. The molecule has 0 atom stereocenters. The molecule has 2 nitrogen and oxygen atoms in total. The Balaban J connectivity index is 0.000000187. The van der Waals surface area contributed by atoms with Gasteiger partial charge in [-0.2, -0.15) is 0 Å². The minimum atomic E-state index is -0.750. The summed E-state index contributed by atoms with van der Waals surface area (Å²) in [7, 11) is 0. The molecule has 1 aromatic rings. The summed E-state index contributed by atoms with van der Waals surface area (Å²) in [5, 5.41) is 14.2. The molecule has 0 aliphatic carbocycles. The van der Waals surface area contributed by atoms with Gasteiger partial charge in [-0.05, 0) is 0 Å². The largest absolute Gasteiger partial charge is 0.371 e. The monoisotopic (exact) mass is 126 g/mol. The van der Waals surface area contributed by atoms with Crippen LogP contribution in [0.4, 0.5) is 0 Å². The zero-order valence-electron chi connectivity index (χ0n) is 5.07. The van der Waals surface area contributed by atoms with Crippen LogP contribution in [0.25, 0.3) is 0 Å². The van der Waals surface area contributed by atoms with Crippen LogP contribution in [-0.2, 0) is 0 Å². The Morgan fingerprint density at radius 3 is 0.889 bits per heavy atom. The van der Waals surface area contributed by atoms with E-state index in [1.54, 1.807) is 0 Å². The van der Waals surface area contributed by atoms with Crippen LogP contribution in [0.5, 0.6) is 0 Å². The summed E-state index contributed by atoms with van der Waals surface area (Å²) >= 11 is 0. The predicted molar refractivity (Wildman–Crippen MR) is 35.7 cm³/mol. The highest BCUT2D eigenvalue weighted by molar-refractivity contribution is 4.99. The average Bonchev–Trinajstić information content (AvgIpc) is 1.93. The minimum Gasteiger partial charge on any atom is -0.371 e. The second-order valence-electron chi connectivity index (χ2n) is 1.30. The number of hydrogen-bond acceptors (Lipinski definition) is 2. The molecule has 2 heteroatoms. The van der Waals surface area contributed by atoms with Crippen LogP contribution in [0.2, 0.25) is 0 Å². The number of rotatable bonds is 0. The van der Waals surface area contributed by atoms with Crippen molar-refractivity contribution in [1.82, 2.24) is 0 Å². The second-order valence-corrected chi connectivity index (χ2v) is 1.30. The van der Waals surface area contributed by atoms with Gasteiger partial charge in [-0.25, -0.2) is 0 Å². The van der Waals surface area contributed by atoms with Crippen LogP contribution >= 0.6 is 0 Å². The molecule has 0 aromatic heterocycles. The fraction of sp³-hybridized carbons (Fsp3) is 0.143. The van der Waals surface area contributed by atoms with Gasteiger partial charge in [0.2, 0.25) is 0 Å². The van der Waals surface area contributed by atoms with Gasteiger partial charge in [0, 0.05) is 0 Å². The zero-order valence-corrected chi connectivity index (χ0v) is 5.07. The lowest BCUT2D eigenvalue weighted by Gasteiger charge is -1.69. The van der Waals surface area contributed by atoms with E-state index in [-0.39, 0.29) is 0 Å². The summed E-state index contributed by atoms with van der Waals surface area (Å²) in [4.78, 5) is 0. The maximum atomic E-state index is 7.12. The highest BCUT2D eigenvalue weighted by Gasteiger charge is 1.57. The van der Waals surface area contributed by atoms with Gasteiger partial charge in [-0.3, -0.25) is 0 Å². The Bertz CT molecular complexity index is 89.8. The van der Waals surface area contributed by atoms with Gasteiger partial charge >= 0.3 is 0 Å². The molecule has 2 N–H and O–H groups in total. The highest BCUT2D eigenvalue weighted by atomic mass is 16.5. The molecule has 0 aliphatic heterocycles. The number of aliphatic hydroxyl groups excluding tert-OH is 1. The molecule has 0 aliphatic rings. The first-order chi connectivity index (χ1) is 4.41. The van der Waals surface area contributed by atoms with Crippen LogP contribution in [0.1, 0.15) is 0 Å². The highest BCUT2D eigenvalue weighted by Crippen LogP contribution is 1.79. The van der Waals surface area contributed by atoms with Crippen molar-refractivity contribution in [2.45, 2.75) is 0 Å². The summed E-state index contributed by atoms with van der Waals surface area (Å²) in [5.41, 5.74) is 0. The summed E-state index contributed by atoms with van der Waals surface area (Å²) in [6, 6.07) is 12.0. The summed E-state index contributed by atoms with van der Waals surface area (Å²) in [6.07, 6.45) is 0. The van der Waals surface area contributed by atoms with E-state index >= 15 is 0 Å². The first kappa shape index (κ1) is 8.14. The van der Waals surface area contributed by atoms with E-state index in [1.807, 2.05) is 36.4 Å². The fourth-order valence-electron chi connectivity index (χ4n) is 0.385. The van der Waals surface area contributed by atoms with Crippen molar-refractivity contribution in [1.29, 1.82) is 0 Å². The number of hydrogen-bond donors (Lipinski definition) is 2. The van der Waals surface area contributed by atoms with Crippen LogP contribution in [-0.4, -0.2) is 17.0 Å². The lowest BCUT2D eigenvalue weighted by Crippen LogP contribution is -1.66. The molecule has 0 amide bonds. The first-order valence-electron chi connectivity index (χ1n) is 2.63. The third kappa shape index (κ3) is 7.14. The van der Waals surface area contributed by atoms with E-state index in [9.17, 15) is 0 Å². The molecule has 0 saturated heterocycles. The van der Waals surface area contributed by atoms with Crippen molar-refractivity contribution in [3.8, 4) is 0 Å². The number of aliphatic hydroxyl groups is 2. The second kappa shape index (κ2) is 7.14. The van der Waals surface area contributed by atoms with Crippen LogP contribution < -0.4 is 0 Å². The zero-order chi connectivity index (χ0) is 6.95.